The quantitative estimate of drug-likeness (QED) is 0.850. The van der Waals surface area contributed by atoms with Gasteiger partial charge in [0.1, 0.15) is 0 Å². The molecule has 0 saturated carbocycles. The van der Waals surface area contributed by atoms with E-state index in [1.165, 1.54) is 5.56 Å². The molecule has 0 aliphatic carbocycles. The summed E-state index contributed by atoms with van der Waals surface area (Å²) in [5.41, 5.74) is 2.09. The van der Waals surface area contributed by atoms with Crippen LogP contribution in [0, 0.1) is 5.92 Å². The average Bonchev–Trinajstić information content (AvgIpc) is 2.82. The number of carboxylic acids is 1. The standard InChI is InChI=1S/C16H21N3O2/c1-12(2)11-14-15(16(20)21)17-18-19(14)10-6-9-13-7-4-3-5-8-13/h3-5,7-8,12H,6,9-11H2,1-2H3,(H,20,21). The van der Waals surface area contributed by atoms with E-state index in [-0.39, 0.29) is 5.69 Å². The minimum Gasteiger partial charge on any atom is -0.476 e. The summed E-state index contributed by atoms with van der Waals surface area (Å²) in [5.74, 6) is -0.630. The fourth-order valence-electron chi connectivity index (χ4n) is 2.34. The Hall–Kier alpha value is -2.17. The third-order valence-electron chi connectivity index (χ3n) is 3.32. The first-order valence-corrected chi connectivity index (χ1v) is 7.27. The highest BCUT2D eigenvalue weighted by Gasteiger charge is 2.19. The molecule has 2 rings (SSSR count). The molecule has 0 aliphatic heterocycles. The number of aromatic carboxylic acids is 1. The summed E-state index contributed by atoms with van der Waals surface area (Å²) in [6.07, 6.45) is 2.54. The molecule has 0 bridgehead atoms. The molecule has 1 aromatic carbocycles. The lowest BCUT2D eigenvalue weighted by Crippen LogP contribution is -2.11. The van der Waals surface area contributed by atoms with Gasteiger partial charge in [0.05, 0.1) is 5.69 Å². The molecule has 0 radical (unpaired) electrons. The number of aryl methyl sites for hydroxylation is 2. The van der Waals surface area contributed by atoms with Crippen molar-refractivity contribution >= 4 is 5.97 Å². The van der Waals surface area contributed by atoms with E-state index >= 15 is 0 Å². The molecule has 2 aromatic rings. The highest BCUT2D eigenvalue weighted by molar-refractivity contribution is 5.86. The average molecular weight is 287 g/mol. The van der Waals surface area contributed by atoms with Crippen LogP contribution in [0.25, 0.3) is 0 Å². The first-order valence-electron chi connectivity index (χ1n) is 7.27. The maximum absolute atomic E-state index is 11.2. The first kappa shape index (κ1) is 15.2. The van der Waals surface area contributed by atoms with Crippen molar-refractivity contribution < 1.29 is 9.90 Å². The van der Waals surface area contributed by atoms with Gasteiger partial charge in [-0.2, -0.15) is 0 Å². The van der Waals surface area contributed by atoms with Crippen LogP contribution < -0.4 is 0 Å². The van der Waals surface area contributed by atoms with Gasteiger partial charge in [-0.1, -0.05) is 49.4 Å². The van der Waals surface area contributed by atoms with Gasteiger partial charge in [0, 0.05) is 6.54 Å². The molecule has 0 aliphatic rings. The number of hydrogen-bond acceptors (Lipinski definition) is 3. The van der Waals surface area contributed by atoms with E-state index in [4.69, 9.17) is 0 Å². The van der Waals surface area contributed by atoms with Crippen molar-refractivity contribution in [3.63, 3.8) is 0 Å². The molecule has 1 aromatic heterocycles. The van der Waals surface area contributed by atoms with Crippen molar-refractivity contribution in [1.82, 2.24) is 15.0 Å². The molecule has 0 unspecified atom stereocenters. The summed E-state index contributed by atoms with van der Waals surface area (Å²) in [6, 6.07) is 10.2. The lowest BCUT2D eigenvalue weighted by atomic mass is 10.1. The number of hydrogen-bond donors (Lipinski definition) is 1. The second kappa shape index (κ2) is 7.02. The first-order chi connectivity index (χ1) is 10.1. The lowest BCUT2D eigenvalue weighted by molar-refractivity contribution is 0.0689. The van der Waals surface area contributed by atoms with Gasteiger partial charge in [0.2, 0.25) is 0 Å². The summed E-state index contributed by atoms with van der Waals surface area (Å²) in [5, 5.41) is 17.0. The van der Waals surface area contributed by atoms with Gasteiger partial charge >= 0.3 is 5.97 Å². The van der Waals surface area contributed by atoms with Crippen molar-refractivity contribution in [2.45, 2.75) is 39.7 Å². The lowest BCUT2D eigenvalue weighted by Gasteiger charge is -2.09. The fourth-order valence-corrected chi connectivity index (χ4v) is 2.34. The van der Waals surface area contributed by atoms with Gasteiger partial charge < -0.3 is 5.11 Å². The minimum atomic E-state index is -1.00. The molecule has 0 atom stereocenters. The Morgan fingerprint density at radius 1 is 1.29 bits per heavy atom. The van der Waals surface area contributed by atoms with Gasteiger partial charge in [-0.3, -0.25) is 0 Å². The Kier molecular flexibility index (Phi) is 5.09. The van der Waals surface area contributed by atoms with E-state index in [9.17, 15) is 9.90 Å². The third-order valence-corrected chi connectivity index (χ3v) is 3.32. The second-order valence-corrected chi connectivity index (χ2v) is 5.60. The number of carbonyl (C=O) groups is 1. The molecule has 0 saturated heterocycles. The highest BCUT2D eigenvalue weighted by atomic mass is 16.4. The Balaban J connectivity index is 2.04. The normalized spacial score (nSPS) is 11.0. The van der Waals surface area contributed by atoms with Crippen LogP contribution in [0.3, 0.4) is 0 Å². The van der Waals surface area contributed by atoms with E-state index in [0.29, 0.717) is 18.9 Å². The number of nitrogens with zero attached hydrogens (tertiary/aromatic N) is 3. The fraction of sp³-hybridized carbons (Fsp3) is 0.438. The van der Waals surface area contributed by atoms with Crippen molar-refractivity contribution in [1.29, 1.82) is 0 Å². The largest absolute Gasteiger partial charge is 0.476 e. The van der Waals surface area contributed by atoms with Gasteiger partial charge in [-0.25, -0.2) is 9.48 Å². The molecule has 1 heterocycles. The monoisotopic (exact) mass is 287 g/mol. The van der Waals surface area contributed by atoms with Crippen LogP contribution in [0.1, 0.15) is 42.0 Å². The van der Waals surface area contributed by atoms with Crippen LogP contribution in [0.15, 0.2) is 30.3 Å². The summed E-state index contributed by atoms with van der Waals surface area (Å²) < 4.78 is 1.74. The van der Waals surface area contributed by atoms with E-state index in [1.54, 1.807) is 4.68 Å². The maximum atomic E-state index is 11.2. The van der Waals surface area contributed by atoms with Crippen LogP contribution in [0.2, 0.25) is 0 Å². The molecule has 0 fully saturated rings. The van der Waals surface area contributed by atoms with Crippen molar-refractivity contribution in [3.8, 4) is 0 Å². The zero-order chi connectivity index (χ0) is 15.2. The predicted octanol–water partition coefficient (Wildman–Crippen LogP) is 2.81. The van der Waals surface area contributed by atoms with Crippen LogP contribution in [-0.2, 0) is 19.4 Å². The Morgan fingerprint density at radius 3 is 2.62 bits per heavy atom. The Bertz CT molecular complexity index is 591. The second-order valence-electron chi connectivity index (χ2n) is 5.60. The highest BCUT2D eigenvalue weighted by Crippen LogP contribution is 2.13. The zero-order valence-electron chi connectivity index (χ0n) is 12.5. The predicted molar refractivity (Wildman–Crippen MR) is 80.3 cm³/mol. The van der Waals surface area contributed by atoms with Gasteiger partial charge in [-0.05, 0) is 30.7 Å². The van der Waals surface area contributed by atoms with Gasteiger partial charge in [0.15, 0.2) is 5.69 Å². The maximum Gasteiger partial charge on any atom is 0.358 e. The van der Waals surface area contributed by atoms with Crippen molar-refractivity contribution in [2.75, 3.05) is 0 Å². The molecular weight excluding hydrogens is 266 g/mol. The Labute approximate surface area is 124 Å². The number of carboxylic acid groups (broad SMARTS) is 1. The molecule has 5 nitrogen and oxygen atoms in total. The van der Waals surface area contributed by atoms with Crippen LogP contribution in [0.5, 0.6) is 0 Å². The SMILES string of the molecule is CC(C)Cc1c(C(=O)O)nnn1CCCc1ccccc1. The molecule has 0 spiro atoms. The van der Waals surface area contributed by atoms with Crippen LogP contribution >= 0.6 is 0 Å². The Morgan fingerprint density at radius 2 is 2.00 bits per heavy atom. The summed E-state index contributed by atoms with van der Waals surface area (Å²) in [7, 11) is 0. The van der Waals surface area contributed by atoms with Crippen molar-refractivity contribution in [2.24, 2.45) is 5.92 Å². The van der Waals surface area contributed by atoms with Gasteiger partial charge in [-0.15, -0.1) is 5.10 Å². The molecule has 21 heavy (non-hydrogen) atoms. The summed E-state index contributed by atoms with van der Waals surface area (Å²) in [6.45, 7) is 4.82. The zero-order valence-corrected chi connectivity index (χ0v) is 12.5. The number of benzene rings is 1. The van der Waals surface area contributed by atoms with Crippen LogP contribution in [-0.4, -0.2) is 26.1 Å². The number of aromatic nitrogens is 3. The molecule has 5 heteroatoms. The summed E-state index contributed by atoms with van der Waals surface area (Å²) in [4.78, 5) is 11.2. The number of rotatable bonds is 7. The smallest absolute Gasteiger partial charge is 0.358 e. The third kappa shape index (κ3) is 4.15. The van der Waals surface area contributed by atoms with E-state index in [0.717, 1.165) is 18.5 Å². The van der Waals surface area contributed by atoms with E-state index in [2.05, 4.69) is 36.3 Å². The van der Waals surface area contributed by atoms with E-state index in [1.807, 2.05) is 18.2 Å². The molecule has 0 amide bonds. The minimum absolute atomic E-state index is 0.0865. The molecule has 112 valence electrons. The molecule has 1 N–H and O–H groups in total. The van der Waals surface area contributed by atoms with E-state index < -0.39 is 5.97 Å². The summed E-state index contributed by atoms with van der Waals surface area (Å²) >= 11 is 0. The van der Waals surface area contributed by atoms with Crippen molar-refractivity contribution in [3.05, 3.63) is 47.3 Å². The topological polar surface area (TPSA) is 68.0 Å². The van der Waals surface area contributed by atoms with Crippen LogP contribution in [0.4, 0.5) is 0 Å². The van der Waals surface area contributed by atoms with Gasteiger partial charge in [0.25, 0.3) is 0 Å². The molecular formula is C16H21N3O2.